The predicted octanol–water partition coefficient (Wildman–Crippen LogP) is 1.96. The van der Waals surface area contributed by atoms with E-state index in [0.717, 1.165) is 0 Å². The average Bonchev–Trinajstić information content (AvgIpc) is 2.73. The van der Waals surface area contributed by atoms with Gasteiger partial charge in [0.25, 0.3) is 15.9 Å². The van der Waals surface area contributed by atoms with Gasteiger partial charge in [0.15, 0.2) is 6.10 Å². The van der Waals surface area contributed by atoms with E-state index < -0.39 is 28.0 Å². The highest BCUT2D eigenvalue weighted by molar-refractivity contribution is 7.89. The SMILES string of the molecule is CCOc1ccc(OC(C)C(=O)NNS(=O)(=O)c2cc(C(=O)OC)ccc2C)cc1. The van der Waals surface area contributed by atoms with Crippen molar-refractivity contribution in [2.75, 3.05) is 13.7 Å². The summed E-state index contributed by atoms with van der Waals surface area (Å²) in [6.45, 7) is 5.44. The summed E-state index contributed by atoms with van der Waals surface area (Å²) in [6, 6.07) is 10.8. The molecule has 0 bridgehead atoms. The molecule has 0 spiro atoms. The molecule has 0 radical (unpaired) electrons. The van der Waals surface area contributed by atoms with Crippen LogP contribution in [-0.4, -0.2) is 40.1 Å². The van der Waals surface area contributed by atoms with Crippen LogP contribution in [0.5, 0.6) is 11.5 Å². The molecular weight excluding hydrogens is 412 g/mol. The van der Waals surface area contributed by atoms with Crippen LogP contribution in [0.2, 0.25) is 0 Å². The molecule has 9 nitrogen and oxygen atoms in total. The van der Waals surface area contributed by atoms with E-state index in [1.807, 2.05) is 11.8 Å². The van der Waals surface area contributed by atoms with Crippen molar-refractivity contribution >= 4 is 21.9 Å². The third-order valence-electron chi connectivity index (χ3n) is 4.02. The van der Waals surface area contributed by atoms with Gasteiger partial charge in [0.05, 0.1) is 24.2 Å². The summed E-state index contributed by atoms with van der Waals surface area (Å²) >= 11 is 0. The number of hydrazine groups is 1. The molecule has 0 heterocycles. The number of hydrogen-bond donors (Lipinski definition) is 2. The summed E-state index contributed by atoms with van der Waals surface area (Å²) < 4.78 is 40.6. The number of rotatable bonds is 9. The van der Waals surface area contributed by atoms with Gasteiger partial charge in [-0.05, 0) is 62.7 Å². The number of sulfonamides is 1. The van der Waals surface area contributed by atoms with Crippen molar-refractivity contribution in [2.45, 2.75) is 31.8 Å². The fourth-order valence-electron chi connectivity index (χ4n) is 2.45. The number of carbonyl (C=O) groups excluding carboxylic acids is 2. The van der Waals surface area contributed by atoms with Crippen molar-refractivity contribution < 1.29 is 32.2 Å². The minimum Gasteiger partial charge on any atom is -0.494 e. The summed E-state index contributed by atoms with van der Waals surface area (Å²) in [6.07, 6.45) is -0.979. The highest BCUT2D eigenvalue weighted by Gasteiger charge is 2.22. The van der Waals surface area contributed by atoms with Gasteiger partial charge < -0.3 is 14.2 Å². The smallest absolute Gasteiger partial charge is 0.337 e. The van der Waals surface area contributed by atoms with Crippen LogP contribution >= 0.6 is 0 Å². The minimum absolute atomic E-state index is 0.0713. The molecule has 10 heteroatoms. The number of nitrogens with one attached hydrogen (secondary N) is 2. The molecule has 0 fully saturated rings. The maximum atomic E-state index is 12.6. The lowest BCUT2D eigenvalue weighted by Crippen LogP contribution is -2.47. The van der Waals surface area contributed by atoms with Gasteiger partial charge in [-0.25, -0.2) is 13.2 Å². The van der Waals surface area contributed by atoms with Crippen LogP contribution in [0.1, 0.15) is 29.8 Å². The Balaban J connectivity index is 2.02. The average molecular weight is 436 g/mol. The van der Waals surface area contributed by atoms with Crippen molar-refractivity contribution in [2.24, 2.45) is 0 Å². The second kappa shape index (κ2) is 10.1. The maximum absolute atomic E-state index is 12.6. The van der Waals surface area contributed by atoms with E-state index in [1.165, 1.54) is 32.2 Å². The summed E-state index contributed by atoms with van der Waals surface area (Å²) in [5.74, 6) is -0.285. The number of hydrogen-bond acceptors (Lipinski definition) is 7. The van der Waals surface area contributed by atoms with E-state index in [2.05, 4.69) is 10.2 Å². The van der Waals surface area contributed by atoms with Crippen molar-refractivity contribution in [3.05, 3.63) is 53.6 Å². The van der Waals surface area contributed by atoms with Crippen molar-refractivity contribution in [1.29, 1.82) is 0 Å². The van der Waals surface area contributed by atoms with Crippen LogP contribution in [-0.2, 0) is 19.6 Å². The predicted molar refractivity (Wildman–Crippen MR) is 109 cm³/mol. The number of methoxy groups -OCH3 is 1. The molecule has 1 unspecified atom stereocenters. The standard InChI is InChI=1S/C20H24N2O7S/c1-5-28-16-8-10-17(11-9-16)29-14(3)19(23)21-22-30(25,26)18-12-15(20(24)27-4)7-6-13(18)2/h6-12,14,22H,5H2,1-4H3,(H,21,23). The first kappa shape index (κ1) is 23.2. The fourth-order valence-corrected chi connectivity index (χ4v) is 3.57. The summed E-state index contributed by atoms with van der Waals surface area (Å²) in [7, 11) is -2.94. The lowest BCUT2D eigenvalue weighted by atomic mass is 10.1. The van der Waals surface area contributed by atoms with E-state index in [1.54, 1.807) is 31.2 Å². The number of amides is 1. The minimum atomic E-state index is -4.13. The van der Waals surface area contributed by atoms with E-state index in [9.17, 15) is 18.0 Å². The number of carbonyl (C=O) groups is 2. The van der Waals surface area contributed by atoms with E-state index in [-0.39, 0.29) is 10.5 Å². The van der Waals surface area contributed by atoms with Crippen LogP contribution in [0, 0.1) is 6.92 Å². The quantitative estimate of drug-likeness (QED) is 0.455. The molecule has 0 saturated carbocycles. The zero-order valence-corrected chi connectivity index (χ0v) is 17.9. The highest BCUT2D eigenvalue weighted by atomic mass is 32.2. The largest absolute Gasteiger partial charge is 0.494 e. The van der Waals surface area contributed by atoms with Gasteiger partial charge in [0, 0.05) is 0 Å². The van der Waals surface area contributed by atoms with E-state index in [0.29, 0.717) is 23.7 Å². The van der Waals surface area contributed by atoms with Gasteiger partial charge in [-0.15, -0.1) is 4.83 Å². The molecule has 0 aliphatic carbocycles. The highest BCUT2D eigenvalue weighted by Crippen LogP contribution is 2.19. The topological polar surface area (TPSA) is 120 Å². The normalized spacial score (nSPS) is 12.0. The van der Waals surface area contributed by atoms with Gasteiger partial charge in [0.2, 0.25) is 0 Å². The Labute approximate surface area is 175 Å². The molecule has 1 atom stereocenters. The second-order valence-corrected chi connectivity index (χ2v) is 7.88. The molecule has 2 aromatic carbocycles. The molecule has 0 saturated heterocycles. The second-order valence-electron chi connectivity index (χ2n) is 6.23. The summed E-state index contributed by atoms with van der Waals surface area (Å²) in [5, 5.41) is 0. The monoisotopic (exact) mass is 436 g/mol. The molecule has 0 aliphatic heterocycles. The molecule has 2 aromatic rings. The zero-order valence-electron chi connectivity index (χ0n) is 17.1. The third kappa shape index (κ3) is 5.94. The Hall–Kier alpha value is -3.11. The molecule has 2 N–H and O–H groups in total. The van der Waals surface area contributed by atoms with Gasteiger partial charge >= 0.3 is 5.97 Å². The van der Waals surface area contributed by atoms with Crippen LogP contribution in [0.3, 0.4) is 0 Å². The molecule has 162 valence electrons. The first-order valence-corrected chi connectivity index (χ1v) is 10.6. The fraction of sp³-hybridized carbons (Fsp3) is 0.300. The lowest BCUT2D eigenvalue weighted by Gasteiger charge is -2.16. The van der Waals surface area contributed by atoms with Crippen molar-refractivity contribution in [3.8, 4) is 11.5 Å². The zero-order chi connectivity index (χ0) is 22.3. The van der Waals surface area contributed by atoms with Crippen LogP contribution < -0.4 is 19.7 Å². The van der Waals surface area contributed by atoms with Gasteiger partial charge in [-0.3, -0.25) is 10.2 Å². The third-order valence-corrected chi connectivity index (χ3v) is 5.41. The summed E-state index contributed by atoms with van der Waals surface area (Å²) in [4.78, 5) is 25.8. The number of aryl methyl sites for hydroxylation is 1. The van der Waals surface area contributed by atoms with Crippen molar-refractivity contribution in [3.63, 3.8) is 0 Å². The van der Waals surface area contributed by atoms with Crippen molar-refractivity contribution in [1.82, 2.24) is 10.3 Å². The number of esters is 1. The molecule has 0 aromatic heterocycles. The molecule has 1 amide bonds. The maximum Gasteiger partial charge on any atom is 0.337 e. The Morgan fingerprint density at radius 3 is 2.30 bits per heavy atom. The number of benzene rings is 2. The number of ether oxygens (including phenoxy) is 3. The van der Waals surface area contributed by atoms with E-state index >= 15 is 0 Å². The lowest BCUT2D eigenvalue weighted by molar-refractivity contribution is -0.127. The van der Waals surface area contributed by atoms with E-state index in [4.69, 9.17) is 9.47 Å². The Bertz CT molecular complexity index is 1000. The summed E-state index contributed by atoms with van der Waals surface area (Å²) in [5.41, 5.74) is 2.58. The van der Waals surface area contributed by atoms with Gasteiger partial charge in [-0.2, -0.15) is 0 Å². The van der Waals surface area contributed by atoms with Crippen LogP contribution in [0.4, 0.5) is 0 Å². The van der Waals surface area contributed by atoms with Gasteiger partial charge in [0.1, 0.15) is 11.5 Å². The van der Waals surface area contributed by atoms with Crippen LogP contribution in [0.25, 0.3) is 0 Å². The molecule has 30 heavy (non-hydrogen) atoms. The first-order valence-electron chi connectivity index (χ1n) is 9.08. The Morgan fingerprint density at radius 2 is 1.70 bits per heavy atom. The Morgan fingerprint density at radius 1 is 1.07 bits per heavy atom. The molecule has 2 rings (SSSR count). The molecule has 0 aliphatic rings. The first-order chi connectivity index (χ1) is 14.2. The van der Waals surface area contributed by atoms with Gasteiger partial charge in [-0.1, -0.05) is 6.07 Å². The molecular formula is C20H24N2O7S. The Kier molecular flexibility index (Phi) is 7.79. The van der Waals surface area contributed by atoms with Crippen LogP contribution in [0.15, 0.2) is 47.4 Å².